The van der Waals surface area contributed by atoms with Gasteiger partial charge in [-0.05, 0) is 30.9 Å². The van der Waals surface area contributed by atoms with Gasteiger partial charge in [-0.3, -0.25) is 19.2 Å². The number of carboxylic acids is 1. The Balaban J connectivity index is 2.11. The molecule has 1 heterocycles. The summed E-state index contributed by atoms with van der Waals surface area (Å²) in [5.41, 5.74) is 0.425. The molecule has 1 saturated heterocycles. The summed E-state index contributed by atoms with van der Waals surface area (Å²) in [6.45, 7) is 3.94. The van der Waals surface area contributed by atoms with Crippen LogP contribution in [0.3, 0.4) is 0 Å². The van der Waals surface area contributed by atoms with Crippen molar-refractivity contribution < 1.29 is 29.1 Å². The molecule has 3 amide bonds. The number of rotatable bonds is 9. The molecule has 162 valence electrons. The van der Waals surface area contributed by atoms with Gasteiger partial charge in [0.2, 0.25) is 11.8 Å². The largest absolute Gasteiger partial charge is 0.481 e. The highest BCUT2D eigenvalue weighted by molar-refractivity contribution is 5.98. The van der Waals surface area contributed by atoms with E-state index in [4.69, 9.17) is 5.11 Å². The summed E-state index contributed by atoms with van der Waals surface area (Å²) in [5.74, 6) is -2.77. The topological polar surface area (TPSA) is 133 Å². The molecule has 0 bridgehead atoms. The predicted octanol–water partition coefficient (Wildman–Crippen LogP) is 0.590. The van der Waals surface area contributed by atoms with E-state index in [0.29, 0.717) is 31.2 Å². The van der Waals surface area contributed by atoms with Crippen LogP contribution in [0.4, 0.5) is 0 Å². The average Bonchev–Trinajstić information content (AvgIpc) is 3.21. The molecule has 1 aromatic rings. The van der Waals surface area contributed by atoms with Crippen molar-refractivity contribution in [2.24, 2.45) is 5.92 Å². The van der Waals surface area contributed by atoms with Gasteiger partial charge < -0.3 is 25.4 Å². The number of hydrogen-bond acceptors (Lipinski definition) is 5. The SMILES string of the molecule is CC(C)C(NC(=O)c1ccccc1)C(=O)N1CCC[C@H]1C(=O)NC(C=O)CC(=O)O. The van der Waals surface area contributed by atoms with Gasteiger partial charge in [-0.2, -0.15) is 0 Å². The Morgan fingerprint density at radius 2 is 1.83 bits per heavy atom. The molecule has 3 N–H and O–H groups in total. The van der Waals surface area contributed by atoms with E-state index in [1.54, 1.807) is 44.2 Å². The summed E-state index contributed by atoms with van der Waals surface area (Å²) in [4.78, 5) is 61.6. The number of benzene rings is 1. The van der Waals surface area contributed by atoms with Gasteiger partial charge in [-0.25, -0.2) is 0 Å². The standard InChI is InChI=1S/C21H27N3O6/c1-13(2)18(23-19(28)14-7-4-3-5-8-14)21(30)24-10-6-9-16(24)20(29)22-15(12-25)11-17(26)27/h3-5,7-8,12-13,15-16,18H,6,9-11H2,1-2H3,(H,22,29)(H,23,28)(H,26,27)/t15?,16-,18?/m0/s1. The fraction of sp³-hybridized carbons (Fsp3) is 0.476. The van der Waals surface area contributed by atoms with Gasteiger partial charge in [0.05, 0.1) is 12.5 Å². The smallest absolute Gasteiger partial charge is 0.305 e. The van der Waals surface area contributed by atoms with Gasteiger partial charge in [-0.15, -0.1) is 0 Å². The maximum atomic E-state index is 13.2. The second-order valence-corrected chi connectivity index (χ2v) is 7.60. The van der Waals surface area contributed by atoms with Crippen molar-refractivity contribution in [1.29, 1.82) is 0 Å². The molecule has 0 radical (unpaired) electrons. The second kappa shape index (κ2) is 10.5. The molecule has 0 aromatic heterocycles. The third-order valence-corrected chi connectivity index (χ3v) is 4.98. The van der Waals surface area contributed by atoms with Gasteiger partial charge in [0, 0.05) is 12.1 Å². The van der Waals surface area contributed by atoms with E-state index >= 15 is 0 Å². The van der Waals surface area contributed by atoms with Gasteiger partial charge in [0.25, 0.3) is 5.91 Å². The third kappa shape index (κ3) is 5.88. The van der Waals surface area contributed by atoms with Crippen LogP contribution in [0.2, 0.25) is 0 Å². The highest BCUT2D eigenvalue weighted by Gasteiger charge is 2.39. The Kier molecular flexibility index (Phi) is 8.08. The number of nitrogens with one attached hydrogen (secondary N) is 2. The Bertz CT molecular complexity index is 795. The summed E-state index contributed by atoms with van der Waals surface area (Å²) in [6, 6.07) is 5.72. The zero-order valence-corrected chi connectivity index (χ0v) is 17.0. The number of carbonyl (C=O) groups excluding carboxylic acids is 4. The van der Waals surface area contributed by atoms with Crippen molar-refractivity contribution in [3.8, 4) is 0 Å². The second-order valence-electron chi connectivity index (χ2n) is 7.60. The molecule has 2 rings (SSSR count). The van der Waals surface area contributed by atoms with E-state index in [1.807, 2.05) is 0 Å². The van der Waals surface area contributed by atoms with E-state index < -0.39 is 36.4 Å². The number of aldehydes is 1. The number of likely N-dealkylation sites (tertiary alicyclic amines) is 1. The van der Waals surface area contributed by atoms with Crippen LogP contribution in [-0.4, -0.2) is 64.7 Å². The lowest BCUT2D eigenvalue weighted by Crippen LogP contribution is -2.56. The highest BCUT2D eigenvalue weighted by Crippen LogP contribution is 2.21. The Hall–Kier alpha value is -3.23. The van der Waals surface area contributed by atoms with E-state index in [0.717, 1.165) is 0 Å². The lowest BCUT2D eigenvalue weighted by atomic mass is 10.0. The van der Waals surface area contributed by atoms with Crippen LogP contribution in [-0.2, 0) is 19.2 Å². The van der Waals surface area contributed by atoms with Gasteiger partial charge in [0.15, 0.2) is 0 Å². The molecule has 1 aliphatic rings. The minimum absolute atomic E-state index is 0.218. The summed E-state index contributed by atoms with van der Waals surface area (Å²) >= 11 is 0. The van der Waals surface area contributed by atoms with Gasteiger partial charge in [0.1, 0.15) is 18.4 Å². The van der Waals surface area contributed by atoms with Crippen molar-refractivity contribution in [1.82, 2.24) is 15.5 Å². The molecule has 2 unspecified atom stereocenters. The number of nitrogens with zero attached hydrogens (tertiary/aromatic N) is 1. The molecule has 0 aliphatic carbocycles. The van der Waals surface area contributed by atoms with E-state index in [2.05, 4.69) is 10.6 Å². The number of aliphatic carboxylic acids is 1. The molecule has 9 heteroatoms. The van der Waals surface area contributed by atoms with Gasteiger partial charge >= 0.3 is 5.97 Å². The molecule has 3 atom stereocenters. The van der Waals surface area contributed by atoms with Crippen LogP contribution >= 0.6 is 0 Å². The Morgan fingerprint density at radius 1 is 1.17 bits per heavy atom. The van der Waals surface area contributed by atoms with Crippen LogP contribution in [0.5, 0.6) is 0 Å². The van der Waals surface area contributed by atoms with Crippen LogP contribution in [0.25, 0.3) is 0 Å². The van der Waals surface area contributed by atoms with Gasteiger partial charge in [-0.1, -0.05) is 32.0 Å². The lowest BCUT2D eigenvalue weighted by molar-refractivity contribution is -0.142. The van der Waals surface area contributed by atoms with Crippen LogP contribution < -0.4 is 10.6 Å². The molecular formula is C21H27N3O6. The lowest BCUT2D eigenvalue weighted by Gasteiger charge is -2.31. The van der Waals surface area contributed by atoms with Crippen molar-refractivity contribution in [2.45, 2.75) is 51.2 Å². The fourth-order valence-electron chi connectivity index (χ4n) is 3.41. The quantitative estimate of drug-likeness (QED) is 0.504. The maximum Gasteiger partial charge on any atom is 0.305 e. The normalized spacial score (nSPS) is 17.8. The molecule has 1 aliphatic heterocycles. The first-order chi connectivity index (χ1) is 14.2. The average molecular weight is 417 g/mol. The minimum atomic E-state index is -1.21. The third-order valence-electron chi connectivity index (χ3n) is 4.98. The summed E-state index contributed by atoms with van der Waals surface area (Å²) in [6.07, 6.45) is 0.821. The van der Waals surface area contributed by atoms with E-state index in [1.165, 1.54) is 4.90 Å². The van der Waals surface area contributed by atoms with Crippen molar-refractivity contribution >= 4 is 30.0 Å². The first-order valence-electron chi connectivity index (χ1n) is 9.88. The maximum absolute atomic E-state index is 13.2. The first-order valence-corrected chi connectivity index (χ1v) is 9.88. The summed E-state index contributed by atoms with van der Waals surface area (Å²) in [5, 5.41) is 14.0. The van der Waals surface area contributed by atoms with Crippen LogP contribution in [0.15, 0.2) is 30.3 Å². The molecule has 1 fully saturated rings. The molecule has 1 aromatic carbocycles. The fourth-order valence-corrected chi connectivity index (χ4v) is 3.41. The van der Waals surface area contributed by atoms with Crippen molar-refractivity contribution in [3.05, 3.63) is 35.9 Å². The number of carboxylic acid groups (broad SMARTS) is 1. The monoisotopic (exact) mass is 417 g/mol. The molecule has 0 saturated carbocycles. The predicted molar refractivity (Wildman–Crippen MR) is 108 cm³/mol. The molecule has 0 spiro atoms. The number of amides is 3. The summed E-state index contributed by atoms with van der Waals surface area (Å²) in [7, 11) is 0. The Morgan fingerprint density at radius 3 is 2.40 bits per heavy atom. The zero-order valence-electron chi connectivity index (χ0n) is 17.0. The van der Waals surface area contributed by atoms with Crippen molar-refractivity contribution in [3.63, 3.8) is 0 Å². The van der Waals surface area contributed by atoms with Crippen LogP contribution in [0, 0.1) is 5.92 Å². The van der Waals surface area contributed by atoms with E-state index in [-0.39, 0.29) is 17.7 Å². The summed E-state index contributed by atoms with van der Waals surface area (Å²) < 4.78 is 0. The molecular weight excluding hydrogens is 390 g/mol. The number of hydrogen-bond donors (Lipinski definition) is 3. The minimum Gasteiger partial charge on any atom is -0.481 e. The Labute approximate surface area is 174 Å². The highest BCUT2D eigenvalue weighted by atomic mass is 16.4. The van der Waals surface area contributed by atoms with Crippen molar-refractivity contribution in [2.75, 3.05) is 6.54 Å². The molecule has 30 heavy (non-hydrogen) atoms. The zero-order chi connectivity index (χ0) is 22.3. The van der Waals surface area contributed by atoms with Crippen LogP contribution in [0.1, 0.15) is 43.5 Å². The first kappa shape index (κ1) is 23.1. The number of carbonyl (C=O) groups is 5. The van der Waals surface area contributed by atoms with E-state index in [9.17, 15) is 24.0 Å². The molecule has 9 nitrogen and oxygen atoms in total.